The van der Waals surface area contributed by atoms with Gasteiger partial charge in [0.05, 0.1) is 11.4 Å². The van der Waals surface area contributed by atoms with Gasteiger partial charge in [0.1, 0.15) is 11.4 Å². The highest BCUT2D eigenvalue weighted by atomic mass is 16.3. The quantitative estimate of drug-likeness (QED) is 0.447. The normalized spacial score (nSPS) is 11.1. The summed E-state index contributed by atoms with van der Waals surface area (Å²) >= 11 is 0. The summed E-state index contributed by atoms with van der Waals surface area (Å²) in [7, 11) is 0. The lowest BCUT2D eigenvalue weighted by Crippen LogP contribution is -2.01. The van der Waals surface area contributed by atoms with Gasteiger partial charge in [0.15, 0.2) is 5.65 Å². The van der Waals surface area contributed by atoms with E-state index in [2.05, 4.69) is 48.3 Å². The van der Waals surface area contributed by atoms with Crippen LogP contribution in [0.4, 0.5) is 0 Å². The number of aryl methyl sites for hydroxylation is 1. The zero-order valence-electron chi connectivity index (χ0n) is 17.2. The largest absolute Gasteiger partial charge is 0.493 e. The van der Waals surface area contributed by atoms with E-state index in [0.717, 1.165) is 22.5 Å². The molecule has 31 heavy (non-hydrogen) atoms. The topological polar surface area (TPSA) is 63.3 Å². The number of nitrogens with zero attached hydrogens (tertiary/aromatic N) is 4. The van der Waals surface area contributed by atoms with Crippen LogP contribution in [0.1, 0.15) is 28.1 Å². The van der Waals surface area contributed by atoms with E-state index in [4.69, 9.17) is 9.97 Å². The van der Waals surface area contributed by atoms with Gasteiger partial charge in [0.2, 0.25) is 5.88 Å². The van der Waals surface area contributed by atoms with Crippen LogP contribution in [0, 0.1) is 6.92 Å². The van der Waals surface area contributed by atoms with E-state index < -0.39 is 0 Å². The summed E-state index contributed by atoms with van der Waals surface area (Å²) in [5.74, 6) is 0.143. The highest BCUT2D eigenvalue weighted by Crippen LogP contribution is 2.27. The Balaban J connectivity index is 1.64. The van der Waals surface area contributed by atoms with E-state index in [-0.39, 0.29) is 5.88 Å². The number of benzene rings is 2. The third kappa shape index (κ3) is 3.90. The van der Waals surface area contributed by atoms with Crippen LogP contribution in [0.3, 0.4) is 0 Å². The van der Waals surface area contributed by atoms with Gasteiger partial charge >= 0.3 is 0 Å². The highest BCUT2D eigenvalue weighted by Gasteiger charge is 2.18. The van der Waals surface area contributed by atoms with Crippen LogP contribution >= 0.6 is 0 Å². The lowest BCUT2D eigenvalue weighted by molar-refractivity contribution is 0.442. The molecule has 5 aromatic rings. The summed E-state index contributed by atoms with van der Waals surface area (Å²) < 4.78 is 1.73. The summed E-state index contributed by atoms with van der Waals surface area (Å²) in [4.78, 5) is 14.1. The molecule has 2 aromatic carbocycles. The van der Waals surface area contributed by atoms with E-state index >= 15 is 0 Å². The summed E-state index contributed by atoms with van der Waals surface area (Å²) in [5, 5.41) is 11.0. The fourth-order valence-corrected chi connectivity index (χ4v) is 3.71. The number of hydrogen-bond acceptors (Lipinski definition) is 4. The first-order chi connectivity index (χ1) is 15.2. The predicted molar refractivity (Wildman–Crippen MR) is 121 cm³/mol. The fourth-order valence-electron chi connectivity index (χ4n) is 3.71. The van der Waals surface area contributed by atoms with Crippen molar-refractivity contribution >= 4 is 5.65 Å². The predicted octanol–water partition coefficient (Wildman–Crippen LogP) is 4.99. The molecule has 0 spiro atoms. The summed E-state index contributed by atoms with van der Waals surface area (Å²) in [6.07, 6.45) is 4.73. The number of rotatable bonds is 5. The van der Waals surface area contributed by atoms with Crippen LogP contribution in [-0.2, 0) is 12.8 Å². The zero-order chi connectivity index (χ0) is 21.2. The average Bonchev–Trinajstić information content (AvgIpc) is 3.12. The molecule has 0 unspecified atom stereocenters. The van der Waals surface area contributed by atoms with Crippen LogP contribution in [0.2, 0.25) is 0 Å². The monoisotopic (exact) mass is 406 g/mol. The molecule has 1 N–H and O–H groups in total. The molecule has 0 atom stereocenters. The van der Waals surface area contributed by atoms with Crippen molar-refractivity contribution in [3.05, 3.63) is 113 Å². The molecule has 0 saturated heterocycles. The van der Waals surface area contributed by atoms with Gasteiger partial charge in [-0.15, -0.1) is 0 Å². The Morgan fingerprint density at radius 3 is 2.19 bits per heavy atom. The molecule has 152 valence electrons. The van der Waals surface area contributed by atoms with E-state index in [1.807, 2.05) is 42.6 Å². The molecule has 0 saturated carbocycles. The van der Waals surface area contributed by atoms with Crippen LogP contribution in [0.15, 0.2) is 85.2 Å². The first-order valence-electron chi connectivity index (χ1n) is 10.3. The number of pyridine rings is 1. The van der Waals surface area contributed by atoms with Gasteiger partial charge in [-0.25, -0.2) is 9.97 Å². The molecular weight excluding hydrogens is 384 g/mol. The number of imidazole rings is 1. The van der Waals surface area contributed by atoms with E-state index in [1.165, 1.54) is 5.56 Å². The molecule has 0 bridgehead atoms. The smallest absolute Gasteiger partial charge is 0.219 e. The molecule has 0 aliphatic rings. The molecule has 3 aromatic heterocycles. The molecule has 5 heteroatoms. The zero-order valence-corrected chi connectivity index (χ0v) is 17.2. The first kappa shape index (κ1) is 19.0. The Hall–Kier alpha value is -3.99. The maximum absolute atomic E-state index is 11.0. The Kier molecular flexibility index (Phi) is 4.92. The molecule has 0 amide bonds. The Morgan fingerprint density at radius 2 is 1.45 bits per heavy atom. The third-order valence-electron chi connectivity index (χ3n) is 5.35. The van der Waals surface area contributed by atoms with Crippen LogP contribution in [-0.4, -0.2) is 24.5 Å². The molecule has 5 nitrogen and oxygen atoms in total. The van der Waals surface area contributed by atoms with Crippen molar-refractivity contribution in [3.63, 3.8) is 0 Å². The molecule has 3 heterocycles. The second kappa shape index (κ2) is 8.03. The number of fused-ring (bicyclic) bond motifs is 1. The first-order valence-corrected chi connectivity index (χ1v) is 10.3. The molecular formula is C26H22N4O. The molecule has 0 radical (unpaired) electrons. The summed E-state index contributed by atoms with van der Waals surface area (Å²) in [6.45, 7) is 2.06. The number of hydrogen-bond donors (Lipinski definition) is 1. The minimum atomic E-state index is 0.143. The van der Waals surface area contributed by atoms with Gasteiger partial charge in [-0.3, -0.25) is 9.38 Å². The minimum Gasteiger partial charge on any atom is -0.493 e. The van der Waals surface area contributed by atoms with Crippen molar-refractivity contribution in [2.75, 3.05) is 0 Å². The van der Waals surface area contributed by atoms with Crippen LogP contribution in [0.25, 0.3) is 17.0 Å². The van der Waals surface area contributed by atoms with Crippen molar-refractivity contribution in [3.8, 4) is 17.3 Å². The highest BCUT2D eigenvalue weighted by molar-refractivity contribution is 5.60. The second-order valence-corrected chi connectivity index (χ2v) is 7.69. The van der Waals surface area contributed by atoms with E-state index in [9.17, 15) is 5.11 Å². The summed E-state index contributed by atoms with van der Waals surface area (Å²) in [5.41, 5.74) is 7.02. The molecule has 0 aliphatic carbocycles. The maximum Gasteiger partial charge on any atom is 0.219 e. The van der Waals surface area contributed by atoms with Gasteiger partial charge in [-0.1, -0.05) is 66.2 Å². The second-order valence-electron chi connectivity index (χ2n) is 7.69. The third-order valence-corrected chi connectivity index (χ3v) is 5.35. The fraction of sp³-hybridized carbons (Fsp3) is 0.115. The van der Waals surface area contributed by atoms with E-state index in [0.29, 0.717) is 29.9 Å². The molecule has 0 aliphatic heterocycles. The SMILES string of the molecule is Cc1ccc(Cc2nc3c(Cc4ccccc4)nc(-c4ccccn4)cn3c2O)cc1. The Labute approximate surface area is 180 Å². The van der Waals surface area contributed by atoms with Gasteiger partial charge < -0.3 is 5.11 Å². The van der Waals surface area contributed by atoms with Gasteiger partial charge in [-0.05, 0) is 30.2 Å². The van der Waals surface area contributed by atoms with Gasteiger partial charge in [0, 0.05) is 25.2 Å². The maximum atomic E-state index is 11.0. The van der Waals surface area contributed by atoms with Crippen molar-refractivity contribution in [2.45, 2.75) is 19.8 Å². The van der Waals surface area contributed by atoms with Crippen molar-refractivity contribution < 1.29 is 5.11 Å². The van der Waals surface area contributed by atoms with Gasteiger partial charge in [-0.2, -0.15) is 0 Å². The Bertz CT molecular complexity index is 1330. The molecule has 5 rings (SSSR count). The van der Waals surface area contributed by atoms with Crippen molar-refractivity contribution in [1.82, 2.24) is 19.4 Å². The average molecular weight is 406 g/mol. The minimum absolute atomic E-state index is 0.143. The standard InChI is InChI=1S/C26H22N4O/c1-18-10-12-20(13-11-18)16-23-26(31)30-17-24(21-9-5-6-14-27-21)28-22(25(30)29-23)15-19-7-3-2-4-8-19/h2-14,17,31H,15-16H2,1H3. The summed E-state index contributed by atoms with van der Waals surface area (Å²) in [6, 6.07) is 24.2. The Morgan fingerprint density at radius 1 is 0.742 bits per heavy atom. The van der Waals surface area contributed by atoms with Gasteiger partial charge in [0.25, 0.3) is 0 Å². The van der Waals surface area contributed by atoms with Crippen molar-refractivity contribution in [1.29, 1.82) is 0 Å². The lowest BCUT2D eigenvalue weighted by Gasteiger charge is -2.08. The number of aromatic nitrogens is 4. The van der Waals surface area contributed by atoms with Crippen molar-refractivity contribution in [2.24, 2.45) is 0 Å². The number of aromatic hydroxyl groups is 1. The van der Waals surface area contributed by atoms with Crippen LogP contribution in [0.5, 0.6) is 5.88 Å². The lowest BCUT2D eigenvalue weighted by atomic mass is 10.1. The molecule has 0 fully saturated rings. The van der Waals surface area contributed by atoms with E-state index in [1.54, 1.807) is 10.6 Å². The van der Waals surface area contributed by atoms with Crippen LogP contribution < -0.4 is 0 Å².